The zero-order chi connectivity index (χ0) is 25.3. The Morgan fingerprint density at radius 3 is 2.09 bits per heavy atom. The monoisotopic (exact) mass is 513 g/mol. The maximum atomic E-state index is 14.7. The van der Waals surface area contributed by atoms with E-state index in [4.69, 9.17) is 0 Å². The van der Waals surface area contributed by atoms with Gasteiger partial charge in [-0.25, -0.2) is 17.2 Å². The summed E-state index contributed by atoms with van der Waals surface area (Å²) in [4.78, 5) is -0.239. The van der Waals surface area contributed by atoms with Gasteiger partial charge >= 0.3 is 18.0 Å². The van der Waals surface area contributed by atoms with Crippen molar-refractivity contribution in [2.45, 2.75) is 53.5 Å². The Morgan fingerprint density at radius 2 is 1.53 bits per heavy atom. The van der Waals surface area contributed by atoms with Crippen LogP contribution in [0.25, 0.3) is 0 Å². The summed E-state index contributed by atoms with van der Waals surface area (Å²) in [6, 6.07) is 5.00. The first-order valence-electron chi connectivity index (χ1n) is 10.3. The van der Waals surface area contributed by atoms with Crippen molar-refractivity contribution >= 4 is 9.84 Å². The second-order valence-electron chi connectivity index (χ2n) is 8.68. The highest BCUT2D eigenvalue weighted by Crippen LogP contribution is 2.56. The minimum Gasteiger partial charge on any atom is -0.312 e. The van der Waals surface area contributed by atoms with E-state index in [-0.39, 0.29) is 35.4 Å². The van der Waals surface area contributed by atoms with Crippen LogP contribution in [-0.4, -0.2) is 33.4 Å². The average molecular weight is 513 g/mol. The zero-order valence-electron chi connectivity index (χ0n) is 17.6. The summed E-state index contributed by atoms with van der Waals surface area (Å²) in [5.41, 5.74) is -7.36. The van der Waals surface area contributed by atoms with Crippen LogP contribution in [-0.2, 0) is 26.7 Å². The summed E-state index contributed by atoms with van der Waals surface area (Å²) in [6.07, 6.45) is -12.5. The summed E-state index contributed by atoms with van der Waals surface area (Å²) in [5, 5.41) is 3.08. The molecule has 0 saturated carbocycles. The lowest BCUT2D eigenvalue weighted by Gasteiger charge is -2.43. The van der Waals surface area contributed by atoms with Crippen LogP contribution in [0.2, 0.25) is 0 Å². The van der Waals surface area contributed by atoms with E-state index in [1.807, 2.05) is 0 Å². The smallest absolute Gasteiger partial charge is 0.312 e. The van der Waals surface area contributed by atoms with E-state index in [2.05, 4.69) is 5.32 Å². The largest absolute Gasteiger partial charge is 0.435 e. The normalized spacial score (nSPS) is 25.7. The molecule has 2 aromatic rings. The third-order valence-electron chi connectivity index (χ3n) is 6.90. The highest BCUT2D eigenvalue weighted by Gasteiger charge is 2.73. The third-order valence-corrected chi connectivity index (χ3v) is 9.59. The minimum atomic E-state index is -6.28. The van der Waals surface area contributed by atoms with Crippen LogP contribution in [0, 0.1) is 11.7 Å². The summed E-state index contributed by atoms with van der Waals surface area (Å²) in [7, 11) is -4.31. The Bertz CT molecular complexity index is 1190. The number of halogens is 8. The van der Waals surface area contributed by atoms with Crippen LogP contribution in [0.5, 0.6) is 0 Å². The Morgan fingerprint density at radius 1 is 0.941 bits per heavy atom. The predicted octanol–water partition coefficient (Wildman–Crippen LogP) is 5.34. The van der Waals surface area contributed by atoms with Gasteiger partial charge < -0.3 is 5.32 Å². The molecule has 1 fully saturated rings. The maximum absolute atomic E-state index is 14.7. The number of benzene rings is 2. The molecule has 0 aromatic heterocycles. The van der Waals surface area contributed by atoms with Gasteiger partial charge in [0.25, 0.3) is 0 Å². The van der Waals surface area contributed by atoms with E-state index in [1.54, 1.807) is 6.92 Å². The van der Waals surface area contributed by atoms with Gasteiger partial charge in [0.1, 0.15) is 10.6 Å². The van der Waals surface area contributed by atoms with E-state index in [1.165, 1.54) is 0 Å². The van der Waals surface area contributed by atoms with Crippen molar-refractivity contribution < 1.29 is 43.5 Å². The van der Waals surface area contributed by atoms with E-state index >= 15 is 0 Å². The summed E-state index contributed by atoms with van der Waals surface area (Å²) in [5.74, 6) is -1.32. The van der Waals surface area contributed by atoms with Crippen molar-refractivity contribution in [3.05, 3.63) is 65.0 Å². The fourth-order valence-corrected chi connectivity index (χ4v) is 7.89. The van der Waals surface area contributed by atoms with Crippen molar-refractivity contribution in [3.63, 3.8) is 0 Å². The van der Waals surface area contributed by atoms with Crippen LogP contribution < -0.4 is 5.32 Å². The fourth-order valence-electron chi connectivity index (χ4n) is 5.32. The lowest BCUT2D eigenvalue weighted by Crippen LogP contribution is -2.53. The van der Waals surface area contributed by atoms with Gasteiger partial charge in [-0.05, 0) is 60.7 Å². The molecule has 0 amide bonds. The Labute approximate surface area is 190 Å². The number of hydrogen-bond donors (Lipinski definition) is 1. The lowest BCUT2D eigenvalue weighted by molar-refractivity contribution is -0.348. The van der Waals surface area contributed by atoms with Gasteiger partial charge in [0.05, 0.1) is 4.90 Å². The van der Waals surface area contributed by atoms with E-state index in [0.717, 1.165) is 30.3 Å². The van der Waals surface area contributed by atoms with Gasteiger partial charge in [0, 0.05) is 11.6 Å². The first-order chi connectivity index (χ1) is 15.6. The molecule has 3 nitrogen and oxygen atoms in total. The minimum absolute atomic E-state index is 0.0148. The van der Waals surface area contributed by atoms with Gasteiger partial charge in [-0.15, -0.1) is 0 Å². The van der Waals surface area contributed by atoms with Crippen LogP contribution in [0.4, 0.5) is 35.1 Å². The molecule has 2 aromatic carbocycles. The highest BCUT2D eigenvalue weighted by atomic mass is 32.2. The standard InChI is InChI=1S/C22H19F8NO2S/c1-12-11-31-18-9-2-13-10-14(20(24,21(25,26)27)22(28,29)30)3-8-17(13)19(12,18)34(32,33)16-6-4-15(23)5-7-16/h3-8,10,12,18,31H,2,9,11H2,1H3/t12-,18?,19?/m1/s1. The van der Waals surface area contributed by atoms with Crippen molar-refractivity contribution in [1.82, 2.24) is 5.32 Å². The molecule has 34 heavy (non-hydrogen) atoms. The van der Waals surface area contributed by atoms with E-state index in [9.17, 15) is 43.5 Å². The number of rotatable bonds is 3. The fraction of sp³-hybridized carbons (Fsp3) is 0.455. The van der Waals surface area contributed by atoms with Crippen LogP contribution in [0.1, 0.15) is 30.0 Å². The summed E-state index contributed by atoms with van der Waals surface area (Å²) in [6.45, 7) is 1.81. The highest BCUT2D eigenvalue weighted by molar-refractivity contribution is 7.92. The van der Waals surface area contributed by atoms with Gasteiger partial charge in [0.15, 0.2) is 9.84 Å². The molecule has 3 atom stereocenters. The van der Waals surface area contributed by atoms with E-state index in [0.29, 0.717) is 12.1 Å². The average Bonchev–Trinajstić information content (AvgIpc) is 3.09. The molecule has 1 N–H and O–H groups in total. The summed E-state index contributed by atoms with van der Waals surface area (Å²) >= 11 is 0. The maximum Gasteiger partial charge on any atom is 0.435 e. The number of aryl methyl sites for hydroxylation is 1. The second-order valence-corrected chi connectivity index (χ2v) is 10.8. The first kappa shape index (κ1) is 24.9. The van der Waals surface area contributed by atoms with Crippen LogP contribution in [0.3, 0.4) is 0 Å². The molecule has 1 aliphatic heterocycles. The molecule has 4 rings (SSSR count). The quantitative estimate of drug-likeness (QED) is 0.446. The predicted molar refractivity (Wildman–Crippen MR) is 106 cm³/mol. The van der Waals surface area contributed by atoms with Crippen LogP contribution in [0.15, 0.2) is 47.4 Å². The van der Waals surface area contributed by atoms with Gasteiger partial charge in [-0.3, -0.25) is 0 Å². The first-order valence-corrected chi connectivity index (χ1v) is 11.8. The van der Waals surface area contributed by atoms with Gasteiger partial charge in [0.2, 0.25) is 0 Å². The van der Waals surface area contributed by atoms with E-state index < -0.39 is 55.9 Å². The van der Waals surface area contributed by atoms with Crippen LogP contribution >= 0.6 is 0 Å². The summed E-state index contributed by atoms with van der Waals surface area (Å²) < 4.78 is 134. The Kier molecular flexibility index (Phi) is 5.60. The number of alkyl halides is 7. The molecule has 12 heteroatoms. The number of fused-ring (bicyclic) bond motifs is 3. The van der Waals surface area contributed by atoms with Crippen molar-refractivity contribution in [1.29, 1.82) is 0 Å². The molecular formula is C22H19F8NO2S. The van der Waals surface area contributed by atoms with Crippen molar-refractivity contribution in [2.24, 2.45) is 5.92 Å². The second kappa shape index (κ2) is 7.64. The van der Waals surface area contributed by atoms with Gasteiger partial charge in [-0.1, -0.05) is 25.1 Å². The van der Waals surface area contributed by atoms with Gasteiger partial charge in [-0.2, -0.15) is 26.3 Å². The molecule has 0 bridgehead atoms. The molecule has 1 saturated heterocycles. The zero-order valence-corrected chi connectivity index (χ0v) is 18.4. The lowest BCUT2D eigenvalue weighted by atomic mass is 9.74. The van der Waals surface area contributed by atoms with Crippen molar-refractivity contribution in [2.75, 3.05) is 6.54 Å². The molecule has 2 aliphatic rings. The number of sulfone groups is 1. The molecular weight excluding hydrogens is 494 g/mol. The Balaban J connectivity index is 1.96. The number of nitrogens with one attached hydrogen (secondary N) is 1. The molecule has 0 radical (unpaired) electrons. The number of hydrogen-bond acceptors (Lipinski definition) is 3. The topological polar surface area (TPSA) is 46.2 Å². The molecule has 2 unspecified atom stereocenters. The molecule has 1 heterocycles. The molecule has 0 spiro atoms. The third kappa shape index (κ3) is 3.20. The SMILES string of the molecule is C[C@@H]1CNC2CCc3cc(C(F)(C(F)(F)F)C(F)(F)F)ccc3C21S(=O)(=O)c1ccc(F)cc1. The Hall–Kier alpha value is -2.21. The molecule has 186 valence electrons. The van der Waals surface area contributed by atoms with Crippen molar-refractivity contribution in [3.8, 4) is 0 Å². The molecule has 1 aliphatic carbocycles.